The Kier molecular flexibility index (Phi) is 6.15. The van der Waals surface area contributed by atoms with Gasteiger partial charge in [0.25, 0.3) is 5.91 Å². The fourth-order valence-corrected chi connectivity index (χ4v) is 1.99. The van der Waals surface area contributed by atoms with Gasteiger partial charge in [-0.2, -0.15) is 0 Å². The Morgan fingerprint density at radius 3 is 2.83 bits per heavy atom. The number of hydrogen-bond acceptors (Lipinski definition) is 3. The van der Waals surface area contributed by atoms with Crippen molar-refractivity contribution in [2.24, 2.45) is 0 Å². The highest BCUT2D eigenvalue weighted by Gasteiger charge is 2.12. The maximum absolute atomic E-state index is 12.0. The summed E-state index contributed by atoms with van der Waals surface area (Å²) in [4.78, 5) is 12.0. The van der Waals surface area contributed by atoms with E-state index in [-0.39, 0.29) is 11.9 Å². The Balaban J connectivity index is 2.66. The average Bonchev–Trinajstić information content (AvgIpc) is 2.37. The largest absolute Gasteiger partial charge is 0.497 e. The Labute approximate surface area is 116 Å². The molecule has 0 unspecified atom stereocenters. The Morgan fingerprint density at radius 2 is 2.22 bits per heavy atom. The summed E-state index contributed by atoms with van der Waals surface area (Å²) in [6.45, 7) is 5.55. The summed E-state index contributed by atoms with van der Waals surface area (Å²) >= 11 is 3.37. The zero-order chi connectivity index (χ0) is 13.5. The van der Waals surface area contributed by atoms with Crippen molar-refractivity contribution in [3.8, 4) is 5.75 Å². The van der Waals surface area contributed by atoms with Crippen molar-refractivity contribution in [2.75, 3.05) is 20.2 Å². The number of likely N-dealkylation sites (N-methyl/N-ethyl adjacent to an activating group) is 1. The number of halogens is 1. The maximum Gasteiger partial charge on any atom is 0.252 e. The van der Waals surface area contributed by atoms with Crippen LogP contribution < -0.4 is 15.4 Å². The number of carbonyl (C=O) groups excluding carboxylic acids is 1. The molecule has 4 nitrogen and oxygen atoms in total. The van der Waals surface area contributed by atoms with Crippen LogP contribution in [0.25, 0.3) is 0 Å². The molecular weight excluding hydrogens is 296 g/mol. The zero-order valence-corrected chi connectivity index (χ0v) is 12.5. The van der Waals surface area contributed by atoms with Crippen molar-refractivity contribution in [1.29, 1.82) is 0 Å². The average molecular weight is 315 g/mol. The smallest absolute Gasteiger partial charge is 0.252 e. The van der Waals surface area contributed by atoms with Crippen LogP contribution in [0.4, 0.5) is 0 Å². The van der Waals surface area contributed by atoms with Crippen LogP contribution in [0.15, 0.2) is 22.7 Å². The number of amides is 1. The molecule has 1 amide bonds. The first kappa shape index (κ1) is 15.0. The van der Waals surface area contributed by atoms with Gasteiger partial charge in [0.15, 0.2) is 0 Å². The number of carbonyl (C=O) groups is 1. The molecule has 18 heavy (non-hydrogen) atoms. The molecule has 0 radical (unpaired) electrons. The van der Waals surface area contributed by atoms with Gasteiger partial charge in [0, 0.05) is 17.1 Å². The predicted molar refractivity (Wildman–Crippen MR) is 76.2 cm³/mol. The van der Waals surface area contributed by atoms with Gasteiger partial charge >= 0.3 is 0 Å². The predicted octanol–water partition coefficient (Wildman–Crippen LogP) is 2.19. The quantitative estimate of drug-likeness (QED) is 0.846. The molecular formula is C13H19BrN2O2. The first-order valence-corrected chi connectivity index (χ1v) is 6.72. The highest BCUT2D eigenvalue weighted by Crippen LogP contribution is 2.22. The minimum atomic E-state index is -0.106. The van der Waals surface area contributed by atoms with E-state index in [1.807, 2.05) is 26.0 Å². The second kappa shape index (κ2) is 7.38. The second-order valence-corrected chi connectivity index (χ2v) is 4.87. The van der Waals surface area contributed by atoms with Crippen LogP contribution in [-0.2, 0) is 0 Å². The number of rotatable bonds is 6. The molecule has 5 heteroatoms. The first-order chi connectivity index (χ1) is 8.58. The van der Waals surface area contributed by atoms with Gasteiger partial charge in [-0.1, -0.05) is 6.92 Å². The molecule has 1 atom stereocenters. The molecule has 0 spiro atoms. The van der Waals surface area contributed by atoms with E-state index >= 15 is 0 Å². The number of methoxy groups -OCH3 is 1. The van der Waals surface area contributed by atoms with Crippen LogP contribution in [0.1, 0.15) is 24.2 Å². The molecule has 0 fully saturated rings. The number of ether oxygens (including phenoxy) is 1. The van der Waals surface area contributed by atoms with E-state index in [4.69, 9.17) is 4.74 Å². The maximum atomic E-state index is 12.0. The van der Waals surface area contributed by atoms with Crippen molar-refractivity contribution < 1.29 is 9.53 Å². The standard InChI is InChI=1S/C13H19BrN2O2/c1-4-15-9(2)8-16-13(17)11-7-10(18-3)5-6-12(11)14/h5-7,9,15H,4,8H2,1-3H3,(H,16,17)/t9-/m1/s1. The number of benzene rings is 1. The molecule has 0 saturated carbocycles. The molecule has 0 aliphatic heterocycles. The lowest BCUT2D eigenvalue weighted by Gasteiger charge is -2.14. The fraction of sp³-hybridized carbons (Fsp3) is 0.462. The number of hydrogen-bond donors (Lipinski definition) is 2. The van der Waals surface area contributed by atoms with E-state index in [9.17, 15) is 4.79 Å². The fourth-order valence-electron chi connectivity index (χ4n) is 1.57. The lowest BCUT2D eigenvalue weighted by atomic mass is 10.2. The monoisotopic (exact) mass is 314 g/mol. The van der Waals surface area contributed by atoms with Crippen LogP contribution in [0, 0.1) is 0 Å². The normalized spacial score (nSPS) is 12.0. The molecule has 1 aromatic rings. The van der Waals surface area contributed by atoms with E-state index in [2.05, 4.69) is 26.6 Å². The third-order valence-electron chi connectivity index (χ3n) is 2.54. The summed E-state index contributed by atoms with van der Waals surface area (Å²) in [5, 5.41) is 6.13. The lowest BCUT2D eigenvalue weighted by molar-refractivity contribution is 0.0949. The molecule has 0 aliphatic rings. The van der Waals surface area contributed by atoms with Gasteiger partial charge in [-0.05, 0) is 47.6 Å². The van der Waals surface area contributed by atoms with Crippen molar-refractivity contribution in [2.45, 2.75) is 19.9 Å². The van der Waals surface area contributed by atoms with E-state index in [0.29, 0.717) is 17.9 Å². The third kappa shape index (κ3) is 4.31. The van der Waals surface area contributed by atoms with Gasteiger partial charge in [0.1, 0.15) is 5.75 Å². The molecule has 0 aromatic heterocycles. The highest BCUT2D eigenvalue weighted by molar-refractivity contribution is 9.10. The Morgan fingerprint density at radius 1 is 1.50 bits per heavy atom. The van der Waals surface area contributed by atoms with E-state index in [1.54, 1.807) is 13.2 Å². The summed E-state index contributed by atoms with van der Waals surface area (Å²) in [5.41, 5.74) is 0.582. The van der Waals surface area contributed by atoms with Crippen molar-refractivity contribution >= 4 is 21.8 Å². The lowest BCUT2D eigenvalue weighted by Crippen LogP contribution is -2.38. The van der Waals surface area contributed by atoms with Gasteiger partial charge in [0.2, 0.25) is 0 Å². The summed E-state index contributed by atoms with van der Waals surface area (Å²) < 4.78 is 5.87. The summed E-state index contributed by atoms with van der Waals surface area (Å²) in [6.07, 6.45) is 0. The summed E-state index contributed by atoms with van der Waals surface area (Å²) in [6, 6.07) is 5.59. The molecule has 1 rings (SSSR count). The summed E-state index contributed by atoms with van der Waals surface area (Å²) in [5.74, 6) is 0.564. The van der Waals surface area contributed by atoms with Gasteiger partial charge in [-0.25, -0.2) is 0 Å². The van der Waals surface area contributed by atoms with Crippen LogP contribution in [-0.4, -0.2) is 32.1 Å². The van der Waals surface area contributed by atoms with Crippen LogP contribution >= 0.6 is 15.9 Å². The second-order valence-electron chi connectivity index (χ2n) is 4.01. The van der Waals surface area contributed by atoms with Gasteiger partial charge in [-0.3, -0.25) is 4.79 Å². The molecule has 0 saturated heterocycles. The molecule has 2 N–H and O–H groups in total. The van der Waals surface area contributed by atoms with Crippen molar-refractivity contribution in [1.82, 2.24) is 10.6 Å². The van der Waals surface area contributed by atoms with Crippen LogP contribution in [0.2, 0.25) is 0 Å². The van der Waals surface area contributed by atoms with Gasteiger partial charge in [-0.15, -0.1) is 0 Å². The van der Waals surface area contributed by atoms with Crippen LogP contribution in [0.5, 0.6) is 5.75 Å². The van der Waals surface area contributed by atoms with Gasteiger partial charge < -0.3 is 15.4 Å². The number of nitrogens with one attached hydrogen (secondary N) is 2. The van der Waals surface area contributed by atoms with Crippen molar-refractivity contribution in [3.63, 3.8) is 0 Å². The first-order valence-electron chi connectivity index (χ1n) is 5.93. The zero-order valence-electron chi connectivity index (χ0n) is 10.9. The Bertz CT molecular complexity index is 410. The molecule has 100 valence electrons. The topological polar surface area (TPSA) is 50.4 Å². The minimum Gasteiger partial charge on any atom is -0.497 e. The van der Waals surface area contributed by atoms with Crippen LogP contribution in [0.3, 0.4) is 0 Å². The molecule has 0 aliphatic carbocycles. The van der Waals surface area contributed by atoms with E-state index < -0.39 is 0 Å². The highest BCUT2D eigenvalue weighted by atomic mass is 79.9. The van der Waals surface area contributed by atoms with E-state index in [0.717, 1.165) is 11.0 Å². The summed E-state index contributed by atoms with van der Waals surface area (Å²) in [7, 11) is 1.58. The van der Waals surface area contributed by atoms with E-state index in [1.165, 1.54) is 0 Å². The minimum absolute atomic E-state index is 0.106. The Hall–Kier alpha value is -1.07. The van der Waals surface area contributed by atoms with Crippen molar-refractivity contribution in [3.05, 3.63) is 28.2 Å². The SMILES string of the molecule is CCN[C@H](C)CNC(=O)c1cc(OC)ccc1Br. The molecule has 1 aromatic carbocycles. The molecule has 0 heterocycles. The van der Waals surface area contributed by atoms with Gasteiger partial charge in [0.05, 0.1) is 12.7 Å². The third-order valence-corrected chi connectivity index (χ3v) is 3.23. The molecule has 0 bridgehead atoms.